The zero-order valence-corrected chi connectivity index (χ0v) is 13.7. The summed E-state index contributed by atoms with van der Waals surface area (Å²) in [6, 6.07) is 5.54. The van der Waals surface area contributed by atoms with Gasteiger partial charge in [-0.25, -0.2) is 9.67 Å². The Labute approximate surface area is 137 Å². The molecule has 0 radical (unpaired) electrons. The van der Waals surface area contributed by atoms with Crippen LogP contribution in [-0.2, 0) is 6.42 Å². The lowest BCUT2D eigenvalue weighted by molar-refractivity contribution is 0.102. The lowest BCUT2D eigenvalue weighted by Gasteiger charge is -2.04. The number of aromatic nitrogens is 5. The third kappa shape index (κ3) is 3.26. The van der Waals surface area contributed by atoms with E-state index in [2.05, 4.69) is 32.5 Å². The van der Waals surface area contributed by atoms with Crippen molar-refractivity contribution < 1.29 is 4.79 Å². The van der Waals surface area contributed by atoms with Crippen molar-refractivity contribution >= 4 is 22.4 Å². The molecule has 3 aromatic heterocycles. The maximum atomic E-state index is 12.4. The monoisotopic (exact) mass is 328 g/mol. The average Bonchev–Trinajstić information content (AvgIpc) is 3.15. The second kappa shape index (κ2) is 6.66. The summed E-state index contributed by atoms with van der Waals surface area (Å²) in [5.74, 6) is 0.425. The van der Waals surface area contributed by atoms with Crippen LogP contribution in [0, 0.1) is 6.92 Å². The van der Waals surface area contributed by atoms with Gasteiger partial charge in [-0.2, -0.15) is 5.10 Å². The van der Waals surface area contributed by atoms with Crippen molar-refractivity contribution in [3.63, 3.8) is 0 Å². The van der Waals surface area contributed by atoms with Crippen LogP contribution >= 0.6 is 11.3 Å². The summed E-state index contributed by atoms with van der Waals surface area (Å²) in [7, 11) is 0. The van der Waals surface area contributed by atoms with E-state index in [0.717, 1.165) is 23.5 Å². The Morgan fingerprint density at radius 1 is 1.35 bits per heavy atom. The molecule has 0 aliphatic heterocycles. The zero-order chi connectivity index (χ0) is 16.2. The maximum absolute atomic E-state index is 12.4. The average molecular weight is 328 g/mol. The molecule has 8 heteroatoms. The van der Waals surface area contributed by atoms with Crippen molar-refractivity contribution in [1.82, 2.24) is 25.0 Å². The number of anilines is 1. The van der Waals surface area contributed by atoms with E-state index in [9.17, 15) is 4.79 Å². The normalized spacial score (nSPS) is 10.7. The van der Waals surface area contributed by atoms with Crippen molar-refractivity contribution in [1.29, 1.82) is 0 Å². The summed E-state index contributed by atoms with van der Waals surface area (Å²) < 4.78 is 1.64. The Morgan fingerprint density at radius 3 is 2.96 bits per heavy atom. The van der Waals surface area contributed by atoms with Gasteiger partial charge in [-0.05, 0) is 25.5 Å². The number of aryl methyl sites for hydroxylation is 1. The van der Waals surface area contributed by atoms with Gasteiger partial charge in [0.2, 0.25) is 5.13 Å². The highest BCUT2D eigenvalue weighted by Gasteiger charge is 2.17. The van der Waals surface area contributed by atoms with Crippen molar-refractivity contribution in [2.75, 3.05) is 5.32 Å². The molecule has 0 aromatic carbocycles. The first kappa shape index (κ1) is 15.3. The highest BCUT2D eigenvalue weighted by molar-refractivity contribution is 7.15. The highest BCUT2D eigenvalue weighted by Crippen LogP contribution is 2.19. The predicted molar refractivity (Wildman–Crippen MR) is 88.0 cm³/mol. The predicted octanol–water partition coefficient (Wildman–Crippen LogP) is 2.63. The number of pyridine rings is 1. The smallest absolute Gasteiger partial charge is 0.260 e. The molecule has 0 atom stereocenters. The van der Waals surface area contributed by atoms with Gasteiger partial charge < -0.3 is 0 Å². The standard InChI is InChI=1S/C15H16N6OS/c1-3-6-13-19-20-15(23-13)18-14(22)11-9-17-21(10(11)2)12-7-4-5-8-16-12/h4-5,7-9H,3,6H2,1-2H3,(H,18,20,22). The number of carbonyl (C=O) groups excluding carboxylic acids is 1. The fourth-order valence-corrected chi connectivity index (χ4v) is 2.96. The van der Waals surface area contributed by atoms with Gasteiger partial charge in [0.1, 0.15) is 5.01 Å². The molecule has 0 unspecified atom stereocenters. The summed E-state index contributed by atoms with van der Waals surface area (Å²) in [6.07, 6.45) is 5.09. The Kier molecular flexibility index (Phi) is 4.42. The zero-order valence-electron chi connectivity index (χ0n) is 12.9. The number of nitrogens with one attached hydrogen (secondary N) is 1. The molecule has 3 rings (SSSR count). The minimum atomic E-state index is -0.246. The fraction of sp³-hybridized carbons (Fsp3) is 0.267. The van der Waals surface area contributed by atoms with E-state index >= 15 is 0 Å². The van der Waals surface area contributed by atoms with Crippen LogP contribution in [-0.4, -0.2) is 30.9 Å². The molecule has 0 saturated carbocycles. The quantitative estimate of drug-likeness (QED) is 0.778. The van der Waals surface area contributed by atoms with Crippen LogP contribution in [0.15, 0.2) is 30.6 Å². The molecule has 3 aromatic rings. The Morgan fingerprint density at radius 2 is 2.22 bits per heavy atom. The van der Waals surface area contributed by atoms with E-state index in [1.165, 1.54) is 17.5 Å². The molecular formula is C15H16N6OS. The number of hydrogen-bond donors (Lipinski definition) is 1. The van der Waals surface area contributed by atoms with Crippen molar-refractivity contribution in [3.05, 3.63) is 46.9 Å². The SMILES string of the molecule is CCCc1nnc(NC(=O)c2cnn(-c3ccccn3)c2C)s1. The molecule has 0 saturated heterocycles. The first-order valence-electron chi connectivity index (χ1n) is 7.28. The van der Waals surface area contributed by atoms with Gasteiger partial charge in [-0.3, -0.25) is 10.1 Å². The second-order valence-corrected chi connectivity index (χ2v) is 6.01. The van der Waals surface area contributed by atoms with Gasteiger partial charge in [-0.1, -0.05) is 24.3 Å². The molecule has 1 N–H and O–H groups in total. The first-order chi connectivity index (χ1) is 11.2. The number of carbonyl (C=O) groups is 1. The molecule has 23 heavy (non-hydrogen) atoms. The van der Waals surface area contributed by atoms with Crippen molar-refractivity contribution in [2.24, 2.45) is 0 Å². The van der Waals surface area contributed by atoms with Crippen molar-refractivity contribution in [2.45, 2.75) is 26.7 Å². The van der Waals surface area contributed by atoms with Gasteiger partial charge in [0, 0.05) is 12.6 Å². The first-order valence-corrected chi connectivity index (χ1v) is 8.10. The summed E-state index contributed by atoms with van der Waals surface area (Å²) >= 11 is 1.40. The van der Waals surface area contributed by atoms with E-state index < -0.39 is 0 Å². The van der Waals surface area contributed by atoms with Crippen LogP contribution in [0.1, 0.15) is 34.4 Å². The third-order valence-corrected chi connectivity index (χ3v) is 4.17. The molecule has 3 heterocycles. The highest BCUT2D eigenvalue weighted by atomic mass is 32.1. The summed E-state index contributed by atoms with van der Waals surface area (Å²) in [5.41, 5.74) is 1.21. The molecular weight excluding hydrogens is 312 g/mol. The van der Waals surface area contributed by atoms with Crippen LogP contribution in [0.4, 0.5) is 5.13 Å². The molecule has 0 aliphatic carbocycles. The largest absolute Gasteiger partial charge is 0.296 e. The van der Waals surface area contributed by atoms with Crippen LogP contribution in [0.3, 0.4) is 0 Å². The molecule has 0 bridgehead atoms. The van der Waals surface area contributed by atoms with Crippen LogP contribution in [0.2, 0.25) is 0 Å². The van der Waals surface area contributed by atoms with Gasteiger partial charge in [0.05, 0.1) is 17.5 Å². The molecule has 7 nitrogen and oxygen atoms in total. The lowest BCUT2D eigenvalue weighted by atomic mass is 10.2. The maximum Gasteiger partial charge on any atom is 0.260 e. The summed E-state index contributed by atoms with van der Waals surface area (Å²) in [4.78, 5) is 16.6. The van der Waals surface area contributed by atoms with Crippen LogP contribution in [0.5, 0.6) is 0 Å². The number of rotatable bonds is 5. The van der Waals surface area contributed by atoms with E-state index in [1.807, 2.05) is 25.1 Å². The Hall–Kier alpha value is -2.61. The lowest BCUT2D eigenvalue weighted by Crippen LogP contribution is -2.13. The second-order valence-electron chi connectivity index (χ2n) is 4.95. The van der Waals surface area contributed by atoms with Gasteiger partial charge in [0.15, 0.2) is 5.82 Å². The van der Waals surface area contributed by atoms with E-state index in [4.69, 9.17) is 0 Å². The molecule has 118 valence electrons. The van der Waals surface area contributed by atoms with Crippen LogP contribution < -0.4 is 5.32 Å². The summed E-state index contributed by atoms with van der Waals surface area (Å²) in [5, 5.41) is 16.5. The molecule has 0 spiro atoms. The third-order valence-electron chi connectivity index (χ3n) is 3.27. The molecule has 0 fully saturated rings. The Bertz CT molecular complexity index is 810. The summed E-state index contributed by atoms with van der Waals surface area (Å²) in [6.45, 7) is 3.91. The molecule has 0 aliphatic rings. The molecule has 1 amide bonds. The van der Waals surface area contributed by atoms with Crippen molar-refractivity contribution in [3.8, 4) is 5.82 Å². The minimum absolute atomic E-state index is 0.246. The van der Waals surface area contributed by atoms with Gasteiger partial charge >= 0.3 is 0 Å². The van der Waals surface area contributed by atoms with E-state index in [-0.39, 0.29) is 5.91 Å². The number of amides is 1. The Balaban J connectivity index is 1.79. The van der Waals surface area contributed by atoms with Gasteiger partial charge in [0.25, 0.3) is 5.91 Å². The van der Waals surface area contributed by atoms with E-state index in [0.29, 0.717) is 16.5 Å². The fourth-order valence-electron chi connectivity index (χ4n) is 2.13. The number of hydrogen-bond acceptors (Lipinski definition) is 6. The van der Waals surface area contributed by atoms with Crippen LogP contribution in [0.25, 0.3) is 5.82 Å². The number of nitrogens with zero attached hydrogens (tertiary/aromatic N) is 5. The van der Waals surface area contributed by atoms with E-state index in [1.54, 1.807) is 10.9 Å². The minimum Gasteiger partial charge on any atom is -0.296 e. The van der Waals surface area contributed by atoms with Gasteiger partial charge in [-0.15, -0.1) is 10.2 Å². The topological polar surface area (TPSA) is 85.6 Å².